The van der Waals surface area contributed by atoms with E-state index in [1.54, 1.807) is 25.2 Å². The molecule has 0 fully saturated rings. The largest absolute Gasteiger partial charge is 0.598 e. The van der Waals surface area contributed by atoms with Gasteiger partial charge in [0.25, 0.3) is 5.56 Å². The van der Waals surface area contributed by atoms with Crippen LogP contribution >= 0.6 is 0 Å². The number of hydrogen-bond acceptors (Lipinski definition) is 5. The van der Waals surface area contributed by atoms with E-state index in [0.717, 1.165) is 11.1 Å². The van der Waals surface area contributed by atoms with E-state index >= 15 is 0 Å². The van der Waals surface area contributed by atoms with Crippen molar-refractivity contribution in [1.29, 1.82) is 5.26 Å². The van der Waals surface area contributed by atoms with Crippen LogP contribution in [0.1, 0.15) is 50.4 Å². The number of nitrogens with one attached hydrogen (secondary N) is 1. The van der Waals surface area contributed by atoms with E-state index in [1.807, 2.05) is 52.8 Å². The normalized spacial score (nSPS) is 13.8. The first-order chi connectivity index (χ1) is 14.0. The Morgan fingerprint density at radius 1 is 1.27 bits per heavy atom. The molecule has 0 aliphatic carbocycles. The maximum absolute atomic E-state index is 13.2. The van der Waals surface area contributed by atoms with Gasteiger partial charge in [0, 0.05) is 29.5 Å². The van der Waals surface area contributed by atoms with Crippen molar-refractivity contribution in [2.75, 3.05) is 0 Å². The van der Waals surface area contributed by atoms with Crippen molar-refractivity contribution >= 4 is 22.3 Å². The van der Waals surface area contributed by atoms with Gasteiger partial charge in [0.05, 0.1) is 28.6 Å². The van der Waals surface area contributed by atoms with Crippen molar-refractivity contribution in [2.45, 2.75) is 45.4 Å². The van der Waals surface area contributed by atoms with Crippen LogP contribution in [0.4, 0.5) is 0 Å². The zero-order valence-corrected chi connectivity index (χ0v) is 18.9. The zero-order chi connectivity index (χ0) is 22.2. The van der Waals surface area contributed by atoms with E-state index in [-0.39, 0.29) is 11.6 Å². The van der Waals surface area contributed by atoms with Crippen LogP contribution in [0, 0.1) is 18.3 Å². The lowest BCUT2D eigenvalue weighted by molar-refractivity contribution is 0.531. The van der Waals surface area contributed by atoms with Gasteiger partial charge in [0.15, 0.2) is 0 Å². The first-order valence-electron chi connectivity index (χ1n) is 9.73. The van der Waals surface area contributed by atoms with Crippen molar-refractivity contribution in [3.63, 3.8) is 0 Å². The lowest BCUT2D eigenvalue weighted by Gasteiger charge is -2.27. The Kier molecular flexibility index (Phi) is 6.04. The molecule has 0 saturated heterocycles. The predicted octanol–water partition coefficient (Wildman–Crippen LogP) is 3.89. The van der Waals surface area contributed by atoms with Gasteiger partial charge >= 0.3 is 0 Å². The molecule has 0 radical (unpaired) electrons. The van der Waals surface area contributed by atoms with Crippen LogP contribution in [0.2, 0.25) is 0 Å². The van der Waals surface area contributed by atoms with E-state index in [9.17, 15) is 14.6 Å². The highest BCUT2D eigenvalue weighted by atomic mass is 32.2. The molecule has 1 aromatic heterocycles. The quantitative estimate of drug-likeness (QED) is 0.644. The molecule has 2 atom stereocenters. The molecule has 156 valence electrons. The van der Waals surface area contributed by atoms with Gasteiger partial charge in [-0.15, -0.1) is 4.72 Å². The Morgan fingerprint density at radius 2 is 1.93 bits per heavy atom. The lowest BCUT2D eigenvalue weighted by Crippen LogP contribution is -2.40. The van der Waals surface area contributed by atoms with Crippen LogP contribution in [0.15, 0.2) is 41.2 Å². The summed E-state index contributed by atoms with van der Waals surface area (Å²) in [6.45, 7) is 9.56. The predicted molar refractivity (Wildman–Crippen MR) is 121 cm³/mol. The molecule has 3 rings (SSSR count). The zero-order valence-electron chi connectivity index (χ0n) is 18.1. The molecule has 0 amide bonds. The number of hydrogen-bond donors (Lipinski definition) is 1. The standard InChI is InChI=1S/C23H26N4O2S/c1-14-11-18(15(2)26-30(29)23(3,4)5)20-19(12-14)22(28)27(6)21(25-20)17-10-8-7-9-16(17)13-24/h7-12,15,26H,1-6H3. The summed E-state index contributed by atoms with van der Waals surface area (Å²) in [5, 5.41) is 10.00. The minimum Gasteiger partial charge on any atom is -0.598 e. The van der Waals surface area contributed by atoms with Crippen molar-refractivity contribution in [2.24, 2.45) is 7.05 Å². The van der Waals surface area contributed by atoms with E-state index in [0.29, 0.717) is 27.9 Å². The van der Waals surface area contributed by atoms with Gasteiger partial charge in [-0.1, -0.05) is 18.2 Å². The van der Waals surface area contributed by atoms with Crippen LogP contribution in [0.5, 0.6) is 0 Å². The van der Waals surface area contributed by atoms with Crippen molar-refractivity contribution in [3.8, 4) is 17.5 Å². The fraction of sp³-hybridized carbons (Fsp3) is 0.348. The van der Waals surface area contributed by atoms with E-state index in [4.69, 9.17) is 4.98 Å². The number of nitriles is 1. The molecule has 1 heterocycles. The number of fused-ring (bicyclic) bond motifs is 1. The summed E-state index contributed by atoms with van der Waals surface area (Å²) in [6.07, 6.45) is 0. The third-order valence-electron chi connectivity index (χ3n) is 4.95. The first kappa shape index (κ1) is 22.0. The summed E-state index contributed by atoms with van der Waals surface area (Å²) in [5.41, 5.74) is 3.15. The maximum atomic E-state index is 13.2. The minimum absolute atomic E-state index is 0.183. The molecular weight excluding hydrogens is 396 g/mol. The highest BCUT2D eigenvalue weighted by molar-refractivity contribution is 7.90. The Labute approximate surface area is 179 Å². The van der Waals surface area contributed by atoms with Gasteiger partial charge in [0.2, 0.25) is 0 Å². The maximum Gasteiger partial charge on any atom is 0.261 e. The number of rotatable bonds is 4. The van der Waals surface area contributed by atoms with Crippen LogP contribution in [-0.4, -0.2) is 18.9 Å². The molecule has 30 heavy (non-hydrogen) atoms. The smallest absolute Gasteiger partial charge is 0.261 e. The van der Waals surface area contributed by atoms with Crippen molar-refractivity contribution < 1.29 is 4.55 Å². The summed E-state index contributed by atoms with van der Waals surface area (Å²) < 4.78 is 16.8. The fourth-order valence-corrected chi connectivity index (χ4v) is 4.10. The number of nitrogens with zero attached hydrogens (tertiary/aromatic N) is 3. The number of aryl methyl sites for hydroxylation is 1. The highest BCUT2D eigenvalue weighted by Gasteiger charge is 2.29. The summed E-state index contributed by atoms with van der Waals surface area (Å²) in [6, 6.07) is 12.8. The van der Waals surface area contributed by atoms with Gasteiger partial charge in [-0.25, -0.2) is 4.98 Å². The fourth-order valence-electron chi connectivity index (χ4n) is 3.30. The molecule has 0 spiro atoms. The molecule has 2 unspecified atom stereocenters. The van der Waals surface area contributed by atoms with Crippen molar-refractivity contribution in [1.82, 2.24) is 14.3 Å². The molecule has 0 aliphatic heterocycles. The number of aromatic nitrogens is 2. The molecule has 0 aliphatic rings. The van der Waals surface area contributed by atoms with Gasteiger partial charge in [0.1, 0.15) is 10.6 Å². The molecule has 1 N–H and O–H groups in total. The Hall–Kier alpha value is -2.66. The second-order valence-corrected chi connectivity index (χ2v) is 10.4. The lowest BCUT2D eigenvalue weighted by atomic mass is 10.0. The second-order valence-electron chi connectivity index (χ2n) is 8.43. The van der Waals surface area contributed by atoms with Gasteiger partial charge in [-0.3, -0.25) is 9.36 Å². The van der Waals surface area contributed by atoms with Crippen LogP contribution in [0.3, 0.4) is 0 Å². The Bertz CT molecular complexity index is 1200. The molecule has 0 bridgehead atoms. The third-order valence-corrected chi connectivity index (χ3v) is 6.63. The molecule has 6 nitrogen and oxygen atoms in total. The van der Waals surface area contributed by atoms with Crippen LogP contribution in [0.25, 0.3) is 22.3 Å². The highest BCUT2D eigenvalue weighted by Crippen LogP contribution is 2.28. The monoisotopic (exact) mass is 422 g/mol. The first-order valence-corrected chi connectivity index (χ1v) is 10.9. The third kappa shape index (κ3) is 4.12. The van der Waals surface area contributed by atoms with E-state index < -0.39 is 16.1 Å². The molecule has 2 aromatic carbocycles. The topological polar surface area (TPSA) is 93.8 Å². The van der Waals surface area contributed by atoms with E-state index in [1.165, 1.54) is 4.57 Å². The second kappa shape index (κ2) is 8.23. The molecule has 3 aromatic rings. The van der Waals surface area contributed by atoms with Gasteiger partial charge in [-0.05, 0) is 58.4 Å². The summed E-state index contributed by atoms with van der Waals surface area (Å²) in [5.74, 6) is 0.430. The number of benzene rings is 2. The van der Waals surface area contributed by atoms with Gasteiger partial charge < -0.3 is 4.55 Å². The van der Waals surface area contributed by atoms with Crippen molar-refractivity contribution in [3.05, 3.63) is 63.4 Å². The van der Waals surface area contributed by atoms with Crippen LogP contribution in [-0.2, 0) is 18.4 Å². The molecule has 0 saturated carbocycles. The Morgan fingerprint density at radius 3 is 2.57 bits per heavy atom. The summed E-state index contributed by atoms with van der Waals surface area (Å²) in [7, 11) is 1.66. The average molecular weight is 423 g/mol. The molecule has 7 heteroatoms. The summed E-state index contributed by atoms with van der Waals surface area (Å²) >= 11 is -1.28. The molecular formula is C23H26N4O2S. The summed E-state index contributed by atoms with van der Waals surface area (Å²) in [4.78, 5) is 18.0. The minimum atomic E-state index is -1.28. The SMILES string of the molecule is Cc1cc(C(C)N[S+]([O-])C(C)(C)C)c2nc(-c3ccccc3C#N)n(C)c(=O)c2c1. The van der Waals surface area contributed by atoms with E-state index in [2.05, 4.69) is 10.8 Å². The Balaban J connectivity index is 2.26. The van der Waals surface area contributed by atoms with Crippen LogP contribution < -0.4 is 10.3 Å². The average Bonchev–Trinajstić information content (AvgIpc) is 2.69. The van der Waals surface area contributed by atoms with Gasteiger partial charge in [-0.2, -0.15) is 5.26 Å².